The second kappa shape index (κ2) is 4.49. The van der Waals surface area contributed by atoms with Crippen molar-refractivity contribution >= 4 is 21.6 Å². The van der Waals surface area contributed by atoms with Crippen LogP contribution in [-0.4, -0.2) is 8.42 Å². The van der Waals surface area contributed by atoms with Gasteiger partial charge in [-0.3, -0.25) is 0 Å². The summed E-state index contributed by atoms with van der Waals surface area (Å²) in [5.41, 5.74) is 1.28. The predicted molar refractivity (Wildman–Crippen MR) is 68.3 cm³/mol. The summed E-state index contributed by atoms with van der Waals surface area (Å²) in [6.45, 7) is 0. The third-order valence-corrected chi connectivity index (χ3v) is 3.54. The number of hydrogen-bond donors (Lipinski definition) is 1. The smallest absolute Gasteiger partial charge is 0.225 e. The second-order valence-electron chi connectivity index (χ2n) is 3.55. The Morgan fingerprint density at radius 3 is 2.24 bits per heavy atom. The number of benzene rings is 2. The average Bonchev–Trinajstić information content (AvgIpc) is 2.28. The Morgan fingerprint density at radius 1 is 1.00 bits per heavy atom. The Hall–Kier alpha value is -1.36. The van der Waals surface area contributed by atoms with E-state index in [2.05, 4.69) is 0 Å². The monoisotopic (exact) mass is 267 g/mol. The second-order valence-corrected chi connectivity index (χ2v) is 5.52. The zero-order valence-corrected chi connectivity index (χ0v) is 10.4. The van der Waals surface area contributed by atoms with Crippen LogP contribution in [0, 0.1) is 0 Å². The van der Waals surface area contributed by atoms with Gasteiger partial charge in [-0.2, -0.15) is 0 Å². The highest BCUT2D eigenvalue weighted by molar-refractivity contribution is 7.89. The zero-order chi connectivity index (χ0) is 12.5. The minimum absolute atomic E-state index is 0.0769. The quantitative estimate of drug-likeness (QED) is 0.909. The first-order valence-electron chi connectivity index (χ1n) is 4.86. The average molecular weight is 268 g/mol. The van der Waals surface area contributed by atoms with Crippen molar-refractivity contribution < 1.29 is 8.42 Å². The van der Waals surface area contributed by atoms with Gasteiger partial charge in [0, 0.05) is 10.6 Å². The third kappa shape index (κ3) is 2.66. The number of hydrogen-bond acceptors (Lipinski definition) is 2. The number of primary sulfonamides is 1. The van der Waals surface area contributed by atoms with Crippen LogP contribution in [0.4, 0.5) is 0 Å². The van der Waals surface area contributed by atoms with E-state index in [1.165, 1.54) is 12.1 Å². The van der Waals surface area contributed by atoms with Crippen molar-refractivity contribution in [3.05, 3.63) is 53.6 Å². The zero-order valence-electron chi connectivity index (χ0n) is 8.80. The maximum atomic E-state index is 11.5. The first-order chi connectivity index (χ1) is 7.98. The minimum atomic E-state index is -3.76. The highest BCUT2D eigenvalue weighted by Gasteiger charge is 2.15. The van der Waals surface area contributed by atoms with Crippen LogP contribution in [0.2, 0.25) is 5.02 Å². The van der Waals surface area contributed by atoms with Gasteiger partial charge in [-0.15, -0.1) is 0 Å². The number of nitrogens with two attached hydrogens (primary N) is 1. The van der Waals surface area contributed by atoms with Crippen LogP contribution < -0.4 is 5.14 Å². The molecule has 0 amide bonds. The molecule has 0 aliphatic rings. The van der Waals surface area contributed by atoms with Gasteiger partial charge in [-0.05, 0) is 23.8 Å². The first kappa shape index (κ1) is 12.1. The van der Waals surface area contributed by atoms with Gasteiger partial charge >= 0.3 is 0 Å². The van der Waals surface area contributed by atoms with E-state index >= 15 is 0 Å². The fraction of sp³-hybridized carbons (Fsp3) is 0. The Kier molecular flexibility index (Phi) is 3.19. The fourth-order valence-electron chi connectivity index (χ4n) is 1.59. The van der Waals surface area contributed by atoms with Crippen LogP contribution in [0.15, 0.2) is 53.4 Å². The van der Waals surface area contributed by atoms with Gasteiger partial charge in [0.05, 0.1) is 4.90 Å². The molecule has 0 saturated heterocycles. The summed E-state index contributed by atoms with van der Waals surface area (Å²) >= 11 is 5.88. The van der Waals surface area contributed by atoms with E-state index in [9.17, 15) is 8.42 Å². The predicted octanol–water partition coefficient (Wildman–Crippen LogP) is 2.65. The van der Waals surface area contributed by atoms with Crippen molar-refractivity contribution in [2.75, 3.05) is 0 Å². The fourth-order valence-corrected chi connectivity index (χ4v) is 2.51. The lowest BCUT2D eigenvalue weighted by molar-refractivity contribution is 0.598. The molecule has 0 fully saturated rings. The molecule has 0 aliphatic heterocycles. The molecule has 0 atom stereocenters. The summed E-state index contributed by atoms with van der Waals surface area (Å²) in [6.07, 6.45) is 0. The van der Waals surface area contributed by atoms with Gasteiger partial charge in [0.25, 0.3) is 0 Å². The Labute approximate surface area is 105 Å². The molecule has 2 aromatic carbocycles. The van der Waals surface area contributed by atoms with Crippen molar-refractivity contribution in [1.82, 2.24) is 0 Å². The molecule has 0 bridgehead atoms. The third-order valence-electron chi connectivity index (χ3n) is 2.33. The summed E-state index contributed by atoms with van der Waals surface area (Å²) < 4.78 is 22.9. The molecule has 88 valence electrons. The van der Waals surface area contributed by atoms with Crippen molar-refractivity contribution in [3.63, 3.8) is 0 Å². The van der Waals surface area contributed by atoms with Crippen LogP contribution in [0.5, 0.6) is 0 Å². The molecule has 3 nitrogen and oxygen atoms in total. The summed E-state index contributed by atoms with van der Waals surface area (Å²) in [4.78, 5) is 0.0769. The summed E-state index contributed by atoms with van der Waals surface area (Å²) in [5, 5.41) is 5.64. The van der Waals surface area contributed by atoms with Crippen LogP contribution in [0.25, 0.3) is 11.1 Å². The van der Waals surface area contributed by atoms with Crippen LogP contribution in [0.1, 0.15) is 0 Å². The van der Waals surface area contributed by atoms with E-state index in [-0.39, 0.29) is 4.90 Å². The lowest BCUT2D eigenvalue weighted by atomic mass is 10.1. The minimum Gasteiger partial charge on any atom is -0.225 e. The van der Waals surface area contributed by atoms with Crippen molar-refractivity contribution in [2.24, 2.45) is 5.14 Å². The van der Waals surface area contributed by atoms with Crippen molar-refractivity contribution in [2.45, 2.75) is 4.90 Å². The normalized spacial score (nSPS) is 11.4. The number of halogens is 1. The van der Waals surface area contributed by atoms with Crippen molar-refractivity contribution in [3.8, 4) is 11.1 Å². The lowest BCUT2D eigenvalue weighted by Crippen LogP contribution is -2.13. The van der Waals surface area contributed by atoms with E-state index in [1.54, 1.807) is 18.2 Å². The molecule has 0 radical (unpaired) electrons. The van der Waals surface area contributed by atoms with Crippen LogP contribution in [0.3, 0.4) is 0 Å². The van der Waals surface area contributed by atoms with E-state index in [0.717, 1.165) is 5.56 Å². The summed E-state index contributed by atoms with van der Waals surface area (Å²) in [7, 11) is -3.76. The molecule has 17 heavy (non-hydrogen) atoms. The number of rotatable bonds is 2. The molecular formula is C12H10ClNO2S. The lowest BCUT2D eigenvalue weighted by Gasteiger charge is -2.08. The molecular weight excluding hydrogens is 258 g/mol. The molecule has 2 N–H and O–H groups in total. The van der Waals surface area contributed by atoms with Gasteiger partial charge in [-0.1, -0.05) is 41.9 Å². The van der Waals surface area contributed by atoms with E-state index in [4.69, 9.17) is 16.7 Å². The maximum Gasteiger partial charge on any atom is 0.238 e. The van der Waals surface area contributed by atoms with Gasteiger partial charge in [0.1, 0.15) is 0 Å². The molecule has 0 spiro atoms. The highest BCUT2D eigenvalue weighted by Crippen LogP contribution is 2.29. The molecule has 0 saturated carbocycles. The maximum absolute atomic E-state index is 11.5. The van der Waals surface area contributed by atoms with E-state index < -0.39 is 10.0 Å². The molecule has 0 aromatic heterocycles. The van der Waals surface area contributed by atoms with Gasteiger partial charge < -0.3 is 0 Å². The molecule has 0 heterocycles. The van der Waals surface area contributed by atoms with E-state index in [0.29, 0.717) is 10.6 Å². The Bertz CT molecular complexity index is 639. The topological polar surface area (TPSA) is 60.2 Å². The molecule has 0 unspecified atom stereocenters. The number of sulfonamides is 1. The molecule has 2 aromatic rings. The van der Waals surface area contributed by atoms with Crippen molar-refractivity contribution in [1.29, 1.82) is 0 Å². The van der Waals surface area contributed by atoms with Crippen LogP contribution >= 0.6 is 11.6 Å². The first-order valence-corrected chi connectivity index (χ1v) is 6.79. The van der Waals surface area contributed by atoms with Gasteiger partial charge in [-0.25, -0.2) is 13.6 Å². The molecule has 5 heteroatoms. The Balaban J connectivity index is 2.72. The highest BCUT2D eigenvalue weighted by atomic mass is 35.5. The Morgan fingerprint density at radius 2 is 1.65 bits per heavy atom. The molecule has 0 aliphatic carbocycles. The van der Waals surface area contributed by atoms with Gasteiger partial charge in [0.15, 0.2) is 0 Å². The van der Waals surface area contributed by atoms with Gasteiger partial charge in [0.2, 0.25) is 10.0 Å². The summed E-state index contributed by atoms with van der Waals surface area (Å²) in [6, 6.07) is 13.6. The standard InChI is InChI=1S/C12H10ClNO2S/c13-10-6-7-12(17(14,15)16)11(8-10)9-4-2-1-3-5-9/h1-8H,(H2,14,15,16). The van der Waals surface area contributed by atoms with Crippen LogP contribution in [-0.2, 0) is 10.0 Å². The SMILES string of the molecule is NS(=O)(=O)c1ccc(Cl)cc1-c1ccccc1. The molecule has 2 rings (SSSR count). The largest absolute Gasteiger partial charge is 0.238 e. The summed E-state index contributed by atoms with van der Waals surface area (Å²) in [5.74, 6) is 0. The van der Waals surface area contributed by atoms with E-state index in [1.807, 2.05) is 18.2 Å².